The highest BCUT2D eigenvalue weighted by Gasteiger charge is 2.37. The lowest BCUT2D eigenvalue weighted by Crippen LogP contribution is -2.40. The third-order valence-electron chi connectivity index (χ3n) is 4.85. The molecule has 3 heterocycles. The van der Waals surface area contributed by atoms with E-state index in [1.165, 1.54) is 0 Å². The Kier molecular flexibility index (Phi) is 3.99. The molecule has 0 aliphatic carbocycles. The third-order valence-corrected chi connectivity index (χ3v) is 4.85. The van der Waals surface area contributed by atoms with Gasteiger partial charge in [-0.05, 0) is 43.2 Å². The molecule has 0 saturated carbocycles. The van der Waals surface area contributed by atoms with Gasteiger partial charge < -0.3 is 9.26 Å². The molecule has 4 rings (SSSR count). The molecule has 1 aliphatic heterocycles. The van der Waals surface area contributed by atoms with E-state index < -0.39 is 5.60 Å². The number of aromatic nitrogens is 4. The molecule has 1 aromatic carbocycles. The van der Waals surface area contributed by atoms with Gasteiger partial charge in [-0.2, -0.15) is 10.1 Å². The molecule has 0 bridgehead atoms. The Morgan fingerprint density at radius 2 is 2.04 bits per heavy atom. The van der Waals surface area contributed by atoms with Gasteiger partial charge in [0.05, 0.1) is 12.0 Å². The maximum absolute atomic E-state index is 12.7. The van der Waals surface area contributed by atoms with E-state index in [1.54, 1.807) is 30.5 Å². The van der Waals surface area contributed by atoms with Gasteiger partial charge in [-0.1, -0.05) is 19.0 Å². The number of Topliss-reactive ketones (excluding diaryl/α,β-unsaturated/α-hetero) is 1. The number of benzene rings is 1. The van der Waals surface area contributed by atoms with Crippen LogP contribution in [0, 0.1) is 0 Å². The SMILES string of the molecule is CCC1(CC)CC(=O)c2cc(-c3nc(-c4cccnn4)no3)ccc2O1. The average Bonchev–Trinajstić information content (AvgIpc) is 3.18. The lowest BCUT2D eigenvalue weighted by molar-refractivity contribution is 0.0350. The van der Waals surface area contributed by atoms with Crippen LogP contribution in [-0.4, -0.2) is 31.7 Å². The molecule has 0 fully saturated rings. The minimum Gasteiger partial charge on any atom is -0.486 e. The molecule has 0 amide bonds. The van der Waals surface area contributed by atoms with E-state index in [2.05, 4.69) is 20.3 Å². The van der Waals surface area contributed by atoms with E-state index in [-0.39, 0.29) is 5.78 Å². The lowest BCUT2D eigenvalue weighted by atomic mass is 9.85. The molecule has 26 heavy (non-hydrogen) atoms. The van der Waals surface area contributed by atoms with Crippen molar-refractivity contribution in [2.75, 3.05) is 0 Å². The summed E-state index contributed by atoms with van der Waals surface area (Å²) in [6, 6.07) is 8.87. The summed E-state index contributed by atoms with van der Waals surface area (Å²) in [5.41, 5.74) is 1.34. The molecule has 0 radical (unpaired) electrons. The van der Waals surface area contributed by atoms with Crippen LogP contribution >= 0.6 is 0 Å². The highest BCUT2D eigenvalue weighted by atomic mass is 16.5. The second kappa shape index (κ2) is 6.33. The Balaban J connectivity index is 1.68. The van der Waals surface area contributed by atoms with Gasteiger partial charge in [-0.15, -0.1) is 5.10 Å². The molecule has 2 aromatic heterocycles. The van der Waals surface area contributed by atoms with Gasteiger partial charge in [-0.3, -0.25) is 4.79 Å². The number of rotatable bonds is 4. The second-order valence-electron chi connectivity index (χ2n) is 6.34. The smallest absolute Gasteiger partial charge is 0.258 e. The van der Waals surface area contributed by atoms with Crippen molar-refractivity contribution in [3.63, 3.8) is 0 Å². The van der Waals surface area contributed by atoms with Gasteiger partial charge in [0.25, 0.3) is 5.89 Å². The quantitative estimate of drug-likeness (QED) is 0.708. The number of ether oxygens (including phenoxy) is 1. The van der Waals surface area contributed by atoms with Crippen LogP contribution in [0.15, 0.2) is 41.1 Å². The summed E-state index contributed by atoms with van der Waals surface area (Å²) in [5.74, 6) is 1.36. The van der Waals surface area contributed by atoms with Crippen molar-refractivity contribution in [2.24, 2.45) is 0 Å². The maximum Gasteiger partial charge on any atom is 0.258 e. The standard InChI is InChI=1S/C19H18N4O3/c1-3-19(4-2)11-15(24)13-10-12(7-8-16(13)25-19)18-21-17(23-26-18)14-6-5-9-20-22-14/h5-10H,3-4,11H2,1-2H3. The van der Waals surface area contributed by atoms with Crippen molar-refractivity contribution < 1.29 is 14.1 Å². The Morgan fingerprint density at radius 1 is 1.19 bits per heavy atom. The fourth-order valence-corrected chi connectivity index (χ4v) is 3.14. The molecule has 0 saturated heterocycles. The summed E-state index contributed by atoms with van der Waals surface area (Å²) in [7, 11) is 0. The predicted molar refractivity (Wildman–Crippen MR) is 93.6 cm³/mol. The largest absolute Gasteiger partial charge is 0.486 e. The monoisotopic (exact) mass is 350 g/mol. The van der Waals surface area contributed by atoms with Gasteiger partial charge in [0, 0.05) is 11.8 Å². The van der Waals surface area contributed by atoms with Crippen molar-refractivity contribution in [3.05, 3.63) is 42.1 Å². The summed E-state index contributed by atoms with van der Waals surface area (Å²) in [4.78, 5) is 17.0. The summed E-state index contributed by atoms with van der Waals surface area (Å²) < 4.78 is 11.5. The molecule has 0 N–H and O–H groups in total. The molecule has 7 heteroatoms. The van der Waals surface area contributed by atoms with E-state index in [0.29, 0.717) is 40.7 Å². The molecule has 0 unspecified atom stereocenters. The van der Waals surface area contributed by atoms with Gasteiger partial charge in [0.15, 0.2) is 5.78 Å². The van der Waals surface area contributed by atoms with Gasteiger partial charge in [-0.25, -0.2) is 0 Å². The van der Waals surface area contributed by atoms with Crippen LogP contribution in [0.25, 0.3) is 23.0 Å². The molecule has 0 atom stereocenters. The number of fused-ring (bicyclic) bond motifs is 1. The zero-order chi connectivity index (χ0) is 18.1. The van der Waals surface area contributed by atoms with Crippen molar-refractivity contribution in [3.8, 4) is 28.7 Å². The minimum atomic E-state index is -0.408. The van der Waals surface area contributed by atoms with E-state index in [9.17, 15) is 4.79 Å². The summed E-state index contributed by atoms with van der Waals surface area (Å²) in [6.07, 6.45) is 3.54. The Hall–Kier alpha value is -3.09. The Bertz CT molecular complexity index is 948. The van der Waals surface area contributed by atoms with Gasteiger partial charge in [0.2, 0.25) is 5.82 Å². The first kappa shape index (κ1) is 16.4. The van der Waals surface area contributed by atoms with Crippen LogP contribution in [0.5, 0.6) is 5.75 Å². The molecule has 0 spiro atoms. The number of carbonyl (C=O) groups excluding carboxylic acids is 1. The molecule has 132 valence electrons. The Labute approximate surface area is 150 Å². The highest BCUT2D eigenvalue weighted by molar-refractivity contribution is 6.01. The number of hydrogen-bond donors (Lipinski definition) is 0. The maximum atomic E-state index is 12.7. The third kappa shape index (κ3) is 2.75. The summed E-state index contributed by atoms with van der Waals surface area (Å²) in [6.45, 7) is 4.09. The highest BCUT2D eigenvalue weighted by Crippen LogP contribution is 2.38. The zero-order valence-electron chi connectivity index (χ0n) is 14.6. The van der Waals surface area contributed by atoms with Crippen LogP contribution in [-0.2, 0) is 0 Å². The lowest BCUT2D eigenvalue weighted by Gasteiger charge is -2.36. The molecule has 7 nitrogen and oxygen atoms in total. The van der Waals surface area contributed by atoms with Gasteiger partial charge >= 0.3 is 0 Å². The number of nitrogens with zero attached hydrogens (tertiary/aromatic N) is 4. The normalized spacial score (nSPS) is 15.4. The fourth-order valence-electron chi connectivity index (χ4n) is 3.14. The molecule has 1 aliphatic rings. The van der Waals surface area contributed by atoms with Crippen LogP contribution in [0.3, 0.4) is 0 Å². The van der Waals surface area contributed by atoms with E-state index >= 15 is 0 Å². The minimum absolute atomic E-state index is 0.0745. The van der Waals surface area contributed by atoms with E-state index in [1.807, 2.05) is 19.9 Å². The topological polar surface area (TPSA) is 91.0 Å². The number of hydrogen-bond acceptors (Lipinski definition) is 7. The van der Waals surface area contributed by atoms with Crippen LogP contribution in [0.1, 0.15) is 43.5 Å². The molecule has 3 aromatic rings. The van der Waals surface area contributed by atoms with Crippen molar-refractivity contribution >= 4 is 5.78 Å². The van der Waals surface area contributed by atoms with Crippen molar-refractivity contribution in [2.45, 2.75) is 38.7 Å². The summed E-state index contributed by atoms with van der Waals surface area (Å²) in [5, 5.41) is 11.7. The molecular weight excluding hydrogens is 332 g/mol. The average molecular weight is 350 g/mol. The van der Waals surface area contributed by atoms with Crippen molar-refractivity contribution in [1.82, 2.24) is 20.3 Å². The first-order valence-corrected chi connectivity index (χ1v) is 8.62. The number of ketones is 1. The van der Waals surface area contributed by atoms with Gasteiger partial charge in [0.1, 0.15) is 17.0 Å². The van der Waals surface area contributed by atoms with Crippen LogP contribution < -0.4 is 4.74 Å². The predicted octanol–water partition coefficient (Wildman–Crippen LogP) is 3.72. The Morgan fingerprint density at radius 3 is 2.77 bits per heavy atom. The van der Waals surface area contributed by atoms with Crippen LogP contribution in [0.2, 0.25) is 0 Å². The first-order chi connectivity index (χ1) is 12.6. The zero-order valence-corrected chi connectivity index (χ0v) is 14.6. The number of carbonyl (C=O) groups is 1. The van der Waals surface area contributed by atoms with E-state index in [0.717, 1.165) is 12.8 Å². The fraction of sp³-hybridized carbons (Fsp3) is 0.316. The van der Waals surface area contributed by atoms with Crippen molar-refractivity contribution in [1.29, 1.82) is 0 Å². The summed E-state index contributed by atoms with van der Waals surface area (Å²) >= 11 is 0. The van der Waals surface area contributed by atoms with E-state index in [4.69, 9.17) is 9.26 Å². The van der Waals surface area contributed by atoms with Crippen LogP contribution in [0.4, 0.5) is 0 Å². The first-order valence-electron chi connectivity index (χ1n) is 8.62. The second-order valence-corrected chi connectivity index (χ2v) is 6.34. The molecular formula is C19H18N4O3.